The molecule has 1 aliphatic rings. The minimum absolute atomic E-state index is 0.0557. The van der Waals surface area contributed by atoms with Gasteiger partial charge in [0.05, 0.1) is 5.69 Å². The van der Waals surface area contributed by atoms with E-state index in [1.165, 1.54) is 4.90 Å². The maximum atomic E-state index is 12.2. The van der Waals surface area contributed by atoms with E-state index in [-0.39, 0.29) is 36.5 Å². The summed E-state index contributed by atoms with van der Waals surface area (Å²) < 4.78 is 5.52. The van der Waals surface area contributed by atoms with Gasteiger partial charge in [-0.3, -0.25) is 14.4 Å². The van der Waals surface area contributed by atoms with Crippen LogP contribution in [0.4, 0.5) is 5.69 Å². The van der Waals surface area contributed by atoms with Crippen LogP contribution in [0.2, 0.25) is 0 Å². The number of likely N-dealkylation sites (N-methyl/N-ethyl adjacent to an activating group) is 1. The minimum Gasteiger partial charge on any atom is -0.479 e. The maximum absolute atomic E-state index is 12.2. The molecule has 23 heavy (non-hydrogen) atoms. The van der Waals surface area contributed by atoms with E-state index >= 15 is 0 Å². The van der Waals surface area contributed by atoms with Crippen molar-refractivity contribution in [3.8, 4) is 5.75 Å². The fourth-order valence-corrected chi connectivity index (χ4v) is 2.45. The van der Waals surface area contributed by atoms with Gasteiger partial charge in [0.2, 0.25) is 5.91 Å². The van der Waals surface area contributed by atoms with Crippen molar-refractivity contribution in [3.63, 3.8) is 0 Å². The molecule has 0 saturated carbocycles. The lowest BCUT2D eigenvalue weighted by molar-refractivity contribution is -0.125. The summed E-state index contributed by atoms with van der Waals surface area (Å²) in [5.74, 6) is 0.147. The molecule has 1 aromatic rings. The Bertz CT molecular complexity index is 639. The lowest BCUT2D eigenvalue weighted by Gasteiger charge is -2.30. The summed E-state index contributed by atoms with van der Waals surface area (Å²) in [6, 6.07) is 5.05. The number of amides is 2. The van der Waals surface area contributed by atoms with Gasteiger partial charge >= 0.3 is 0 Å². The number of carbonyl (C=O) groups excluding carboxylic acids is 3. The molecule has 2 rings (SSSR count). The van der Waals surface area contributed by atoms with Crippen molar-refractivity contribution >= 4 is 23.3 Å². The number of anilines is 1. The third-order valence-corrected chi connectivity index (χ3v) is 3.65. The smallest absolute Gasteiger partial charge is 0.267 e. The highest BCUT2D eigenvalue weighted by atomic mass is 16.5. The van der Waals surface area contributed by atoms with Crippen LogP contribution in [0, 0.1) is 0 Å². The molecule has 0 aromatic heterocycles. The van der Waals surface area contributed by atoms with E-state index in [0.29, 0.717) is 17.0 Å². The Balaban J connectivity index is 2.08. The molecule has 124 valence electrons. The Morgan fingerprint density at radius 1 is 1.30 bits per heavy atom. The largest absolute Gasteiger partial charge is 0.479 e. The second-order valence-electron chi connectivity index (χ2n) is 5.99. The number of nitrogens with zero attached hydrogens (tertiary/aromatic N) is 1. The fourth-order valence-electron chi connectivity index (χ4n) is 2.45. The van der Waals surface area contributed by atoms with Crippen molar-refractivity contribution in [2.24, 2.45) is 0 Å². The number of carbonyl (C=O) groups is 3. The fraction of sp³-hybridized carbons (Fsp3) is 0.471. The first-order chi connectivity index (χ1) is 10.8. The second-order valence-corrected chi connectivity index (χ2v) is 5.99. The third-order valence-electron chi connectivity index (χ3n) is 3.65. The molecule has 1 atom stereocenters. The Kier molecular flexibility index (Phi) is 5.03. The molecule has 6 heteroatoms. The Morgan fingerprint density at radius 3 is 2.65 bits per heavy atom. The molecule has 1 aromatic carbocycles. The van der Waals surface area contributed by atoms with Crippen LogP contribution in [0.25, 0.3) is 0 Å². The topological polar surface area (TPSA) is 75.7 Å². The molecule has 0 aliphatic carbocycles. The minimum atomic E-state index is -0.534. The number of rotatable bonds is 5. The molecule has 0 saturated heterocycles. The van der Waals surface area contributed by atoms with Crippen molar-refractivity contribution in [1.82, 2.24) is 5.32 Å². The van der Waals surface area contributed by atoms with Crippen molar-refractivity contribution in [2.75, 3.05) is 11.9 Å². The molecule has 1 unspecified atom stereocenters. The molecule has 0 spiro atoms. The highest BCUT2D eigenvalue weighted by Gasteiger charge is 2.29. The predicted molar refractivity (Wildman–Crippen MR) is 86.8 cm³/mol. The van der Waals surface area contributed by atoms with E-state index in [9.17, 15) is 14.4 Å². The van der Waals surface area contributed by atoms with Crippen LogP contribution in [-0.2, 0) is 9.59 Å². The molecule has 0 bridgehead atoms. The van der Waals surface area contributed by atoms with Crippen molar-refractivity contribution in [3.05, 3.63) is 23.8 Å². The zero-order valence-electron chi connectivity index (χ0n) is 13.9. The second kappa shape index (κ2) is 6.81. The molecule has 2 amide bonds. The summed E-state index contributed by atoms with van der Waals surface area (Å²) in [6.45, 7) is 5.43. The Morgan fingerprint density at radius 2 is 2.00 bits per heavy atom. The number of ketones is 1. The summed E-state index contributed by atoms with van der Waals surface area (Å²) in [5.41, 5.74) is 1.05. The maximum Gasteiger partial charge on any atom is 0.267 e. The lowest BCUT2D eigenvalue weighted by Crippen LogP contribution is -2.42. The SMILES string of the molecule is CC(C)NC(=O)CCC(=O)c1ccc2c(c1)N(C)C(=O)C(C)O2. The lowest BCUT2D eigenvalue weighted by atomic mass is 10.0. The monoisotopic (exact) mass is 318 g/mol. The molecule has 1 aliphatic heterocycles. The number of hydrogen-bond donors (Lipinski definition) is 1. The van der Waals surface area contributed by atoms with E-state index in [1.807, 2.05) is 13.8 Å². The van der Waals surface area contributed by atoms with Crippen molar-refractivity contribution < 1.29 is 19.1 Å². The van der Waals surface area contributed by atoms with Gasteiger partial charge in [0.1, 0.15) is 5.75 Å². The molecular formula is C17H22N2O4. The Hall–Kier alpha value is -2.37. The van der Waals surface area contributed by atoms with Crippen LogP contribution in [0.3, 0.4) is 0 Å². The molecule has 0 fully saturated rings. The number of fused-ring (bicyclic) bond motifs is 1. The van der Waals surface area contributed by atoms with Crippen LogP contribution in [0.15, 0.2) is 18.2 Å². The molecule has 1 N–H and O–H groups in total. The zero-order chi connectivity index (χ0) is 17.1. The highest BCUT2D eigenvalue weighted by Crippen LogP contribution is 2.34. The summed E-state index contributed by atoms with van der Waals surface area (Å²) in [7, 11) is 1.66. The molecule has 1 heterocycles. The quantitative estimate of drug-likeness (QED) is 0.842. The number of ether oxygens (including phenoxy) is 1. The van der Waals surface area contributed by atoms with Gasteiger partial charge < -0.3 is 15.0 Å². The molecular weight excluding hydrogens is 296 g/mol. The van der Waals surface area contributed by atoms with Crippen molar-refractivity contribution in [1.29, 1.82) is 0 Å². The number of Topliss-reactive ketones (excluding diaryl/α,β-unsaturated/α-hetero) is 1. The highest BCUT2D eigenvalue weighted by molar-refractivity contribution is 6.03. The third kappa shape index (κ3) is 3.88. The van der Waals surface area contributed by atoms with Crippen molar-refractivity contribution in [2.45, 2.75) is 45.8 Å². The van der Waals surface area contributed by atoms with Gasteiger partial charge in [-0.25, -0.2) is 0 Å². The van der Waals surface area contributed by atoms with E-state index in [0.717, 1.165) is 0 Å². The first-order valence-corrected chi connectivity index (χ1v) is 7.70. The first kappa shape index (κ1) is 17.0. The van der Waals surface area contributed by atoms with Gasteiger partial charge in [-0.2, -0.15) is 0 Å². The summed E-state index contributed by atoms with van der Waals surface area (Å²) in [6.07, 6.45) is -0.253. The van der Waals surface area contributed by atoms with Crippen LogP contribution in [0.1, 0.15) is 44.0 Å². The summed E-state index contributed by atoms with van der Waals surface area (Å²) in [5, 5.41) is 2.75. The van der Waals surface area contributed by atoms with Gasteiger partial charge in [0, 0.05) is 31.5 Å². The molecule has 0 radical (unpaired) electrons. The summed E-state index contributed by atoms with van der Waals surface area (Å²) in [4.78, 5) is 37.3. The van der Waals surface area contributed by atoms with Gasteiger partial charge in [-0.15, -0.1) is 0 Å². The number of benzene rings is 1. The van der Waals surface area contributed by atoms with Gasteiger partial charge in [0.15, 0.2) is 11.9 Å². The van der Waals surface area contributed by atoms with Crippen LogP contribution >= 0.6 is 0 Å². The van der Waals surface area contributed by atoms with E-state index < -0.39 is 6.10 Å². The average molecular weight is 318 g/mol. The summed E-state index contributed by atoms with van der Waals surface area (Å²) >= 11 is 0. The van der Waals surface area contributed by atoms with Crippen LogP contribution < -0.4 is 15.0 Å². The zero-order valence-corrected chi connectivity index (χ0v) is 13.9. The Labute approximate surface area is 135 Å². The molecule has 6 nitrogen and oxygen atoms in total. The standard InChI is InChI=1S/C17H22N2O4/c1-10(2)18-16(21)8-6-14(20)12-5-7-15-13(9-12)19(4)17(22)11(3)23-15/h5,7,9-11H,6,8H2,1-4H3,(H,18,21). The number of nitrogens with one attached hydrogen (secondary N) is 1. The van der Waals surface area contributed by atoms with Crippen LogP contribution in [0.5, 0.6) is 5.75 Å². The van der Waals surface area contributed by atoms with E-state index in [2.05, 4.69) is 5.32 Å². The normalized spacial score (nSPS) is 16.8. The van der Waals surface area contributed by atoms with Gasteiger partial charge in [-0.1, -0.05) is 0 Å². The predicted octanol–water partition coefficient (Wildman–Crippen LogP) is 1.92. The van der Waals surface area contributed by atoms with Crippen LogP contribution in [-0.4, -0.2) is 36.8 Å². The number of hydrogen-bond acceptors (Lipinski definition) is 4. The first-order valence-electron chi connectivity index (χ1n) is 7.70. The van der Waals surface area contributed by atoms with Gasteiger partial charge in [0.25, 0.3) is 5.91 Å². The van der Waals surface area contributed by atoms with E-state index in [4.69, 9.17) is 4.74 Å². The van der Waals surface area contributed by atoms with Gasteiger partial charge in [-0.05, 0) is 39.0 Å². The van der Waals surface area contributed by atoms with E-state index in [1.54, 1.807) is 32.2 Å². The average Bonchev–Trinajstić information content (AvgIpc) is 2.49.